The summed E-state index contributed by atoms with van der Waals surface area (Å²) in [7, 11) is 0. The summed E-state index contributed by atoms with van der Waals surface area (Å²) in [5.74, 6) is 0.154. The van der Waals surface area contributed by atoms with Crippen molar-refractivity contribution in [3.63, 3.8) is 0 Å². The van der Waals surface area contributed by atoms with Crippen LogP contribution in [0, 0.1) is 0 Å². The predicted molar refractivity (Wildman–Crippen MR) is 99.8 cm³/mol. The van der Waals surface area contributed by atoms with Crippen LogP contribution in [-0.4, -0.2) is 31.1 Å². The Labute approximate surface area is 150 Å². The first-order valence-electron chi connectivity index (χ1n) is 9.66. The van der Waals surface area contributed by atoms with E-state index in [-0.39, 0.29) is 11.9 Å². The maximum atomic E-state index is 12.5. The number of anilines is 1. The van der Waals surface area contributed by atoms with E-state index in [1.807, 2.05) is 23.1 Å². The molecule has 3 rings (SSSR count). The average molecular weight is 343 g/mol. The SMILES string of the molecule is O=C(NCCCC(=O)N1CCCc2ccccc21)NC1CCCCC1. The molecule has 0 atom stereocenters. The monoisotopic (exact) mass is 343 g/mol. The summed E-state index contributed by atoms with van der Waals surface area (Å²) >= 11 is 0. The lowest BCUT2D eigenvalue weighted by atomic mass is 9.96. The Balaban J connectivity index is 1.38. The van der Waals surface area contributed by atoms with E-state index in [4.69, 9.17) is 0 Å². The van der Waals surface area contributed by atoms with Crippen LogP contribution in [0.5, 0.6) is 0 Å². The van der Waals surface area contributed by atoms with Crippen molar-refractivity contribution < 1.29 is 9.59 Å². The molecule has 1 heterocycles. The third-order valence-corrected chi connectivity index (χ3v) is 5.20. The van der Waals surface area contributed by atoms with Gasteiger partial charge in [0.1, 0.15) is 0 Å². The van der Waals surface area contributed by atoms with Gasteiger partial charge in [-0.3, -0.25) is 4.79 Å². The van der Waals surface area contributed by atoms with Gasteiger partial charge in [-0.15, -0.1) is 0 Å². The topological polar surface area (TPSA) is 61.4 Å². The van der Waals surface area contributed by atoms with E-state index in [2.05, 4.69) is 16.7 Å². The van der Waals surface area contributed by atoms with Gasteiger partial charge in [-0.2, -0.15) is 0 Å². The van der Waals surface area contributed by atoms with E-state index in [1.54, 1.807) is 0 Å². The van der Waals surface area contributed by atoms with Crippen LogP contribution in [0.2, 0.25) is 0 Å². The molecule has 2 N–H and O–H groups in total. The molecule has 5 heteroatoms. The molecule has 0 spiro atoms. The molecule has 1 aromatic rings. The summed E-state index contributed by atoms with van der Waals surface area (Å²) in [6, 6.07) is 8.38. The van der Waals surface area contributed by atoms with Gasteiger partial charge in [0.25, 0.3) is 0 Å². The van der Waals surface area contributed by atoms with Crippen LogP contribution >= 0.6 is 0 Å². The molecule has 5 nitrogen and oxygen atoms in total. The van der Waals surface area contributed by atoms with Gasteiger partial charge in [0.05, 0.1) is 0 Å². The van der Waals surface area contributed by atoms with Crippen LogP contribution in [0.4, 0.5) is 10.5 Å². The van der Waals surface area contributed by atoms with Crippen LogP contribution < -0.4 is 15.5 Å². The second-order valence-corrected chi connectivity index (χ2v) is 7.12. The fourth-order valence-electron chi connectivity index (χ4n) is 3.85. The number of urea groups is 1. The minimum atomic E-state index is -0.0948. The number of hydrogen-bond acceptors (Lipinski definition) is 2. The summed E-state index contributed by atoms with van der Waals surface area (Å²) in [6.45, 7) is 1.34. The van der Waals surface area contributed by atoms with E-state index in [1.165, 1.54) is 24.8 Å². The number of hydrogen-bond donors (Lipinski definition) is 2. The third kappa shape index (κ3) is 4.97. The van der Waals surface area contributed by atoms with Crippen molar-refractivity contribution in [2.45, 2.75) is 63.8 Å². The van der Waals surface area contributed by atoms with Crippen LogP contribution in [0.15, 0.2) is 24.3 Å². The van der Waals surface area contributed by atoms with Gasteiger partial charge in [0.15, 0.2) is 0 Å². The molecule has 1 saturated carbocycles. The fourth-order valence-corrected chi connectivity index (χ4v) is 3.85. The Morgan fingerprint density at radius 1 is 1.08 bits per heavy atom. The number of carbonyl (C=O) groups excluding carboxylic acids is 2. The normalized spacial score (nSPS) is 17.7. The van der Waals surface area contributed by atoms with E-state index in [0.717, 1.165) is 37.9 Å². The minimum absolute atomic E-state index is 0.0948. The van der Waals surface area contributed by atoms with Crippen LogP contribution in [0.3, 0.4) is 0 Å². The molecule has 0 saturated heterocycles. The third-order valence-electron chi connectivity index (χ3n) is 5.20. The number of nitrogens with one attached hydrogen (secondary N) is 2. The molecular weight excluding hydrogens is 314 g/mol. The zero-order valence-electron chi connectivity index (χ0n) is 14.9. The van der Waals surface area contributed by atoms with Gasteiger partial charge >= 0.3 is 6.03 Å². The Morgan fingerprint density at radius 3 is 2.72 bits per heavy atom. The lowest BCUT2D eigenvalue weighted by Crippen LogP contribution is -2.43. The number of amides is 3. The number of rotatable bonds is 5. The highest BCUT2D eigenvalue weighted by Crippen LogP contribution is 2.27. The quantitative estimate of drug-likeness (QED) is 0.805. The number of aryl methyl sites for hydroxylation is 1. The van der Waals surface area contributed by atoms with Gasteiger partial charge in [-0.25, -0.2) is 4.79 Å². The molecule has 1 aromatic carbocycles. The highest BCUT2D eigenvalue weighted by Gasteiger charge is 2.21. The molecule has 0 aromatic heterocycles. The lowest BCUT2D eigenvalue weighted by Gasteiger charge is -2.29. The van der Waals surface area contributed by atoms with Crippen LogP contribution in [0.25, 0.3) is 0 Å². The van der Waals surface area contributed by atoms with Crippen molar-refractivity contribution in [2.75, 3.05) is 18.0 Å². The van der Waals surface area contributed by atoms with Crippen LogP contribution in [0.1, 0.15) is 56.9 Å². The Kier molecular flexibility index (Phi) is 6.31. The van der Waals surface area contributed by atoms with Gasteiger partial charge in [0, 0.05) is 31.2 Å². The molecule has 1 aliphatic heterocycles. The molecule has 1 fully saturated rings. The molecule has 0 radical (unpaired) electrons. The van der Waals surface area contributed by atoms with E-state index >= 15 is 0 Å². The predicted octanol–water partition coefficient (Wildman–Crippen LogP) is 3.38. The molecule has 3 amide bonds. The van der Waals surface area contributed by atoms with Crippen molar-refractivity contribution in [3.05, 3.63) is 29.8 Å². The molecule has 2 aliphatic rings. The molecule has 136 valence electrons. The summed E-state index contributed by atoms with van der Waals surface area (Å²) in [6.07, 6.45) is 9.07. The van der Waals surface area contributed by atoms with E-state index < -0.39 is 0 Å². The van der Waals surface area contributed by atoms with Crippen molar-refractivity contribution in [1.29, 1.82) is 0 Å². The number of benzene rings is 1. The second kappa shape index (κ2) is 8.88. The van der Waals surface area contributed by atoms with Gasteiger partial charge < -0.3 is 15.5 Å². The second-order valence-electron chi connectivity index (χ2n) is 7.12. The van der Waals surface area contributed by atoms with Crippen molar-refractivity contribution in [1.82, 2.24) is 10.6 Å². The Bertz CT molecular complexity index is 596. The van der Waals surface area contributed by atoms with E-state index in [9.17, 15) is 9.59 Å². The first kappa shape index (κ1) is 17.8. The largest absolute Gasteiger partial charge is 0.338 e. The summed E-state index contributed by atoms with van der Waals surface area (Å²) < 4.78 is 0. The highest BCUT2D eigenvalue weighted by molar-refractivity contribution is 5.94. The van der Waals surface area contributed by atoms with Gasteiger partial charge in [-0.1, -0.05) is 37.5 Å². The molecule has 1 aliphatic carbocycles. The highest BCUT2D eigenvalue weighted by atomic mass is 16.2. The summed E-state index contributed by atoms with van der Waals surface area (Å²) in [5, 5.41) is 5.92. The first-order valence-corrected chi connectivity index (χ1v) is 9.66. The number of fused-ring (bicyclic) bond motifs is 1. The molecular formula is C20H29N3O2. The Hall–Kier alpha value is -2.04. The smallest absolute Gasteiger partial charge is 0.315 e. The zero-order valence-corrected chi connectivity index (χ0v) is 14.9. The van der Waals surface area contributed by atoms with Crippen LogP contribution in [-0.2, 0) is 11.2 Å². The first-order chi connectivity index (χ1) is 12.2. The maximum Gasteiger partial charge on any atom is 0.315 e. The van der Waals surface area contributed by atoms with Gasteiger partial charge in [0.2, 0.25) is 5.91 Å². The number of nitrogens with zero attached hydrogens (tertiary/aromatic N) is 1. The van der Waals surface area contributed by atoms with Crippen molar-refractivity contribution in [2.24, 2.45) is 0 Å². The summed E-state index contributed by atoms with van der Waals surface area (Å²) in [5.41, 5.74) is 2.31. The van der Waals surface area contributed by atoms with Crippen molar-refractivity contribution in [3.8, 4) is 0 Å². The number of carbonyl (C=O) groups is 2. The fraction of sp³-hybridized carbons (Fsp3) is 0.600. The average Bonchev–Trinajstić information content (AvgIpc) is 2.65. The van der Waals surface area contributed by atoms with Crippen molar-refractivity contribution >= 4 is 17.6 Å². The Morgan fingerprint density at radius 2 is 1.88 bits per heavy atom. The lowest BCUT2D eigenvalue weighted by molar-refractivity contribution is -0.118. The summed E-state index contributed by atoms with van der Waals surface area (Å²) in [4.78, 5) is 26.3. The number of para-hydroxylation sites is 1. The maximum absolute atomic E-state index is 12.5. The molecule has 0 bridgehead atoms. The standard InChI is InChI=1S/C20H29N3O2/c24-19(23-15-7-9-16-8-4-5-12-18(16)23)13-6-14-21-20(25)22-17-10-2-1-3-11-17/h4-5,8,12,17H,1-3,6-7,9-11,13-15H2,(H2,21,22,25). The zero-order chi connectivity index (χ0) is 17.5. The molecule has 0 unspecified atom stereocenters. The van der Waals surface area contributed by atoms with E-state index in [0.29, 0.717) is 25.4 Å². The van der Waals surface area contributed by atoms with Gasteiger partial charge in [-0.05, 0) is 43.7 Å². The minimum Gasteiger partial charge on any atom is -0.338 e. The molecule has 25 heavy (non-hydrogen) atoms.